The Kier molecular flexibility index (Phi) is 8.42. The van der Waals surface area contributed by atoms with E-state index in [2.05, 4.69) is 5.32 Å². The largest absolute Gasteiger partial charge is 0.371 e. The molecule has 2 saturated heterocycles. The molecule has 2 aliphatic rings. The standard InChI is InChI=1S/C31H35N5O4/c1-23(40-22-26-16-10-5-11-17-26)29-30(38)34(19-25-14-8-4-9-15-25)20-27-35(29)28(37)21-33(2)36(27)31(39)32-18-24-12-6-3-7-13-24/h3-17,23,27,29H,18-22H2,1-2H3,(H,32,39)/t23-,27-,29-/m0/s1. The van der Waals surface area contributed by atoms with Crippen LogP contribution in [0.3, 0.4) is 0 Å². The predicted molar refractivity (Wildman–Crippen MR) is 150 cm³/mol. The summed E-state index contributed by atoms with van der Waals surface area (Å²) in [6.45, 7) is 2.99. The number of nitrogens with one attached hydrogen (secondary N) is 1. The molecule has 0 bridgehead atoms. The maximum atomic E-state index is 14.0. The highest BCUT2D eigenvalue weighted by Gasteiger charge is 2.52. The van der Waals surface area contributed by atoms with E-state index in [1.54, 1.807) is 26.9 Å². The number of urea groups is 1. The Morgan fingerprint density at radius 3 is 2.10 bits per heavy atom. The van der Waals surface area contributed by atoms with Gasteiger partial charge in [-0.2, -0.15) is 0 Å². The van der Waals surface area contributed by atoms with Crippen molar-refractivity contribution in [1.82, 2.24) is 25.1 Å². The summed E-state index contributed by atoms with van der Waals surface area (Å²) in [5, 5.41) is 6.18. The molecule has 2 fully saturated rings. The number of ether oxygens (including phenoxy) is 1. The first-order chi connectivity index (χ1) is 19.4. The van der Waals surface area contributed by atoms with Crippen LogP contribution >= 0.6 is 0 Å². The van der Waals surface area contributed by atoms with Gasteiger partial charge in [0.25, 0.3) is 0 Å². The number of hydrogen-bond acceptors (Lipinski definition) is 5. The normalized spacial score (nSPS) is 20.3. The third kappa shape index (κ3) is 6.00. The van der Waals surface area contributed by atoms with Crippen LogP contribution in [-0.2, 0) is 34.0 Å². The highest BCUT2D eigenvalue weighted by molar-refractivity contribution is 5.92. The molecule has 5 rings (SSSR count). The third-order valence-corrected chi connectivity index (χ3v) is 7.38. The van der Waals surface area contributed by atoms with Crippen molar-refractivity contribution in [3.63, 3.8) is 0 Å². The van der Waals surface area contributed by atoms with Crippen LogP contribution in [0.5, 0.6) is 0 Å². The summed E-state index contributed by atoms with van der Waals surface area (Å²) in [7, 11) is 1.72. The minimum absolute atomic E-state index is 0.0247. The topological polar surface area (TPSA) is 85.4 Å². The lowest BCUT2D eigenvalue weighted by Gasteiger charge is -2.55. The summed E-state index contributed by atoms with van der Waals surface area (Å²) < 4.78 is 6.19. The predicted octanol–water partition coefficient (Wildman–Crippen LogP) is 3.23. The number of nitrogens with zero attached hydrogens (tertiary/aromatic N) is 4. The summed E-state index contributed by atoms with van der Waals surface area (Å²) in [4.78, 5) is 44.3. The van der Waals surface area contributed by atoms with Crippen molar-refractivity contribution >= 4 is 17.8 Å². The molecule has 208 valence electrons. The fraction of sp³-hybridized carbons (Fsp3) is 0.323. The van der Waals surface area contributed by atoms with E-state index in [1.807, 2.05) is 97.9 Å². The number of rotatable bonds is 8. The number of amides is 4. The van der Waals surface area contributed by atoms with Crippen LogP contribution in [0.4, 0.5) is 4.79 Å². The van der Waals surface area contributed by atoms with Crippen molar-refractivity contribution in [3.05, 3.63) is 108 Å². The Morgan fingerprint density at radius 2 is 1.48 bits per heavy atom. The van der Waals surface area contributed by atoms with E-state index < -0.39 is 18.3 Å². The molecule has 9 heteroatoms. The smallest absolute Gasteiger partial charge is 0.334 e. The van der Waals surface area contributed by atoms with E-state index in [-0.39, 0.29) is 30.9 Å². The fourth-order valence-electron chi connectivity index (χ4n) is 5.38. The summed E-state index contributed by atoms with van der Waals surface area (Å²) in [6, 6.07) is 27.9. The first-order valence-electron chi connectivity index (χ1n) is 13.5. The minimum Gasteiger partial charge on any atom is -0.371 e. The van der Waals surface area contributed by atoms with Crippen LogP contribution in [0.15, 0.2) is 91.0 Å². The zero-order valence-electron chi connectivity index (χ0n) is 22.8. The maximum Gasteiger partial charge on any atom is 0.334 e. The quantitative estimate of drug-likeness (QED) is 0.474. The summed E-state index contributed by atoms with van der Waals surface area (Å²) in [5.74, 6) is -0.407. The molecule has 2 aliphatic heterocycles. The molecule has 4 amide bonds. The summed E-state index contributed by atoms with van der Waals surface area (Å²) in [6.07, 6.45) is -1.29. The van der Waals surface area contributed by atoms with Crippen molar-refractivity contribution in [2.24, 2.45) is 0 Å². The zero-order chi connectivity index (χ0) is 28.1. The highest BCUT2D eigenvalue weighted by atomic mass is 16.5. The SMILES string of the molecule is C[C@H](OCc1ccccc1)[C@H]1C(=O)N(Cc2ccccc2)C[C@H]2N1C(=O)CN(C)N2C(=O)NCc1ccccc1. The van der Waals surface area contributed by atoms with Gasteiger partial charge in [0.15, 0.2) is 0 Å². The Balaban J connectivity index is 1.42. The monoisotopic (exact) mass is 541 g/mol. The maximum absolute atomic E-state index is 14.0. The van der Waals surface area contributed by atoms with E-state index >= 15 is 0 Å². The molecular formula is C31H35N5O4. The van der Waals surface area contributed by atoms with Crippen molar-refractivity contribution in [2.75, 3.05) is 20.1 Å². The van der Waals surface area contributed by atoms with Gasteiger partial charge in [-0.05, 0) is 23.6 Å². The molecule has 0 spiro atoms. The molecule has 3 aromatic rings. The number of carbonyl (C=O) groups is 3. The van der Waals surface area contributed by atoms with Crippen LogP contribution in [0.1, 0.15) is 23.6 Å². The number of piperazine rings is 1. The Bertz CT molecular complexity index is 1310. The molecule has 2 heterocycles. The van der Waals surface area contributed by atoms with Gasteiger partial charge in [-0.15, -0.1) is 0 Å². The van der Waals surface area contributed by atoms with Gasteiger partial charge in [0.1, 0.15) is 12.2 Å². The first kappa shape index (κ1) is 27.4. The second-order valence-corrected chi connectivity index (χ2v) is 10.2. The zero-order valence-corrected chi connectivity index (χ0v) is 22.8. The van der Waals surface area contributed by atoms with Crippen LogP contribution in [0.25, 0.3) is 0 Å². The van der Waals surface area contributed by atoms with Gasteiger partial charge in [0, 0.05) is 20.1 Å². The molecular weight excluding hydrogens is 506 g/mol. The van der Waals surface area contributed by atoms with Gasteiger partial charge >= 0.3 is 6.03 Å². The van der Waals surface area contributed by atoms with Crippen LogP contribution < -0.4 is 5.32 Å². The van der Waals surface area contributed by atoms with Gasteiger partial charge in [-0.1, -0.05) is 91.0 Å². The number of hydrazine groups is 1. The number of carbonyl (C=O) groups excluding carboxylic acids is 3. The van der Waals surface area contributed by atoms with E-state index in [9.17, 15) is 14.4 Å². The van der Waals surface area contributed by atoms with Crippen molar-refractivity contribution in [1.29, 1.82) is 0 Å². The molecule has 9 nitrogen and oxygen atoms in total. The van der Waals surface area contributed by atoms with Crippen LogP contribution in [0.2, 0.25) is 0 Å². The van der Waals surface area contributed by atoms with E-state index in [0.717, 1.165) is 16.7 Å². The molecule has 1 N–H and O–H groups in total. The van der Waals surface area contributed by atoms with E-state index in [4.69, 9.17) is 4.74 Å². The second kappa shape index (κ2) is 12.3. The number of fused-ring (bicyclic) bond motifs is 1. The van der Waals surface area contributed by atoms with Gasteiger partial charge in [0.05, 0.1) is 25.8 Å². The molecule has 0 unspecified atom stereocenters. The number of hydrogen-bond donors (Lipinski definition) is 1. The molecule has 3 atom stereocenters. The third-order valence-electron chi connectivity index (χ3n) is 7.38. The molecule has 0 saturated carbocycles. The number of benzene rings is 3. The average molecular weight is 542 g/mol. The molecule has 40 heavy (non-hydrogen) atoms. The highest BCUT2D eigenvalue weighted by Crippen LogP contribution is 2.29. The van der Waals surface area contributed by atoms with Gasteiger partial charge in [-0.3, -0.25) is 9.59 Å². The Hall–Kier alpha value is -4.21. The summed E-state index contributed by atoms with van der Waals surface area (Å²) >= 11 is 0. The Morgan fingerprint density at radius 1 is 0.900 bits per heavy atom. The van der Waals surface area contributed by atoms with Gasteiger partial charge in [0.2, 0.25) is 11.8 Å². The second-order valence-electron chi connectivity index (χ2n) is 10.2. The Labute approximate surface area is 234 Å². The minimum atomic E-state index is -0.878. The van der Waals surface area contributed by atoms with Crippen molar-refractivity contribution < 1.29 is 19.1 Å². The molecule has 0 aromatic heterocycles. The number of likely N-dealkylation sites (N-methyl/N-ethyl adjacent to an activating group) is 1. The van der Waals surface area contributed by atoms with Gasteiger partial charge < -0.3 is 19.9 Å². The van der Waals surface area contributed by atoms with Crippen molar-refractivity contribution in [3.8, 4) is 0 Å². The summed E-state index contributed by atoms with van der Waals surface area (Å²) in [5.41, 5.74) is 2.91. The lowest BCUT2D eigenvalue weighted by molar-refractivity contribution is -0.196. The molecule has 3 aromatic carbocycles. The van der Waals surface area contributed by atoms with E-state index in [0.29, 0.717) is 19.7 Å². The lowest BCUT2D eigenvalue weighted by Crippen LogP contribution is -2.77. The van der Waals surface area contributed by atoms with Crippen LogP contribution in [0, 0.1) is 0 Å². The lowest BCUT2D eigenvalue weighted by atomic mass is 10.0. The van der Waals surface area contributed by atoms with Crippen molar-refractivity contribution in [2.45, 2.75) is 44.9 Å². The van der Waals surface area contributed by atoms with E-state index in [1.165, 1.54) is 0 Å². The molecule has 0 radical (unpaired) electrons. The average Bonchev–Trinajstić information content (AvgIpc) is 2.97. The first-order valence-corrected chi connectivity index (χ1v) is 13.5. The molecule has 0 aliphatic carbocycles. The van der Waals surface area contributed by atoms with Gasteiger partial charge in [-0.25, -0.2) is 14.8 Å². The van der Waals surface area contributed by atoms with Crippen LogP contribution in [-0.4, -0.2) is 76.1 Å². The fourth-order valence-corrected chi connectivity index (χ4v) is 5.38.